The van der Waals surface area contributed by atoms with E-state index in [9.17, 15) is 4.39 Å². The molecule has 1 atom stereocenters. The molecule has 0 aliphatic rings. The zero-order valence-corrected chi connectivity index (χ0v) is 12.6. The highest BCUT2D eigenvalue weighted by Gasteiger charge is 2.13. The van der Waals surface area contributed by atoms with Crippen LogP contribution in [-0.2, 0) is 6.42 Å². The second-order valence-electron chi connectivity index (χ2n) is 3.92. The van der Waals surface area contributed by atoms with E-state index in [-0.39, 0.29) is 11.9 Å². The van der Waals surface area contributed by atoms with E-state index in [1.807, 2.05) is 12.1 Å². The molecular weight excluding hydrogens is 363 g/mol. The molecule has 2 aromatic rings. The van der Waals surface area contributed by atoms with Crippen LogP contribution in [-0.4, -0.2) is 4.98 Å². The number of nitrogens with zero attached hydrogens (tertiary/aromatic N) is 1. The quantitative estimate of drug-likeness (QED) is 0.883. The number of hydrogen-bond donors (Lipinski definition) is 1. The molecule has 0 saturated heterocycles. The van der Waals surface area contributed by atoms with Crippen molar-refractivity contribution in [2.24, 2.45) is 5.73 Å². The van der Waals surface area contributed by atoms with Crippen LogP contribution in [0.1, 0.15) is 17.3 Å². The SMILES string of the molecule is NC(Cc1ccc(F)cc1Br)c1ncccc1Br. The summed E-state index contributed by atoms with van der Waals surface area (Å²) in [4.78, 5) is 4.26. The van der Waals surface area contributed by atoms with Gasteiger partial charge >= 0.3 is 0 Å². The molecule has 1 aromatic carbocycles. The fourth-order valence-corrected chi connectivity index (χ4v) is 2.75. The highest BCUT2D eigenvalue weighted by atomic mass is 79.9. The predicted molar refractivity (Wildman–Crippen MR) is 76.7 cm³/mol. The number of hydrogen-bond acceptors (Lipinski definition) is 2. The van der Waals surface area contributed by atoms with Crippen molar-refractivity contribution < 1.29 is 4.39 Å². The number of aromatic nitrogens is 1. The van der Waals surface area contributed by atoms with Crippen LogP contribution in [0.4, 0.5) is 4.39 Å². The van der Waals surface area contributed by atoms with Crippen molar-refractivity contribution in [3.05, 3.63) is 62.5 Å². The van der Waals surface area contributed by atoms with Gasteiger partial charge in [-0.25, -0.2) is 4.39 Å². The Labute approximate surface area is 122 Å². The van der Waals surface area contributed by atoms with Crippen molar-refractivity contribution in [2.75, 3.05) is 0 Å². The van der Waals surface area contributed by atoms with Gasteiger partial charge in [0.05, 0.1) is 11.7 Å². The monoisotopic (exact) mass is 372 g/mol. The molecule has 0 amide bonds. The third-order valence-corrected chi connectivity index (χ3v) is 4.00. The van der Waals surface area contributed by atoms with Crippen LogP contribution in [0.2, 0.25) is 0 Å². The lowest BCUT2D eigenvalue weighted by atomic mass is 10.0. The molecule has 0 bridgehead atoms. The van der Waals surface area contributed by atoms with E-state index >= 15 is 0 Å². The second kappa shape index (κ2) is 5.91. The molecule has 0 radical (unpaired) electrons. The number of rotatable bonds is 3. The van der Waals surface area contributed by atoms with Crippen LogP contribution in [0.5, 0.6) is 0 Å². The van der Waals surface area contributed by atoms with Gasteiger partial charge in [-0.1, -0.05) is 22.0 Å². The van der Waals surface area contributed by atoms with Crippen LogP contribution < -0.4 is 5.73 Å². The summed E-state index contributed by atoms with van der Waals surface area (Å²) in [7, 11) is 0. The standard InChI is InChI=1S/C13H11Br2FN2/c14-10-2-1-5-18-13(10)12(17)6-8-3-4-9(16)7-11(8)15/h1-5,7,12H,6,17H2. The van der Waals surface area contributed by atoms with Crippen LogP contribution >= 0.6 is 31.9 Å². The van der Waals surface area contributed by atoms with Crippen molar-refractivity contribution in [3.63, 3.8) is 0 Å². The lowest BCUT2D eigenvalue weighted by Gasteiger charge is -2.13. The average molecular weight is 374 g/mol. The normalized spacial score (nSPS) is 12.4. The first-order valence-corrected chi connectivity index (χ1v) is 6.96. The largest absolute Gasteiger partial charge is 0.322 e. The third kappa shape index (κ3) is 3.16. The van der Waals surface area contributed by atoms with Crippen LogP contribution in [0.25, 0.3) is 0 Å². The fourth-order valence-electron chi connectivity index (χ4n) is 1.69. The molecule has 1 heterocycles. The van der Waals surface area contributed by atoms with Gasteiger partial charge in [0.1, 0.15) is 5.82 Å². The summed E-state index contributed by atoms with van der Waals surface area (Å²) in [5.41, 5.74) is 7.89. The van der Waals surface area contributed by atoms with Gasteiger partial charge < -0.3 is 5.73 Å². The first-order valence-electron chi connectivity index (χ1n) is 5.38. The lowest BCUT2D eigenvalue weighted by molar-refractivity contribution is 0.623. The number of nitrogens with two attached hydrogens (primary N) is 1. The van der Waals surface area contributed by atoms with Gasteiger partial charge in [0.2, 0.25) is 0 Å². The van der Waals surface area contributed by atoms with E-state index in [1.165, 1.54) is 12.1 Å². The Morgan fingerprint density at radius 2 is 2.00 bits per heavy atom. The van der Waals surface area contributed by atoms with Crippen molar-refractivity contribution in [3.8, 4) is 0 Å². The van der Waals surface area contributed by atoms with E-state index in [1.54, 1.807) is 12.3 Å². The summed E-state index contributed by atoms with van der Waals surface area (Å²) >= 11 is 6.77. The minimum absolute atomic E-state index is 0.234. The Bertz CT molecular complexity index is 560. The van der Waals surface area contributed by atoms with E-state index < -0.39 is 0 Å². The second-order valence-corrected chi connectivity index (χ2v) is 5.63. The molecular formula is C13H11Br2FN2. The first kappa shape index (κ1) is 13.6. The van der Waals surface area contributed by atoms with E-state index in [4.69, 9.17) is 5.73 Å². The zero-order chi connectivity index (χ0) is 13.1. The predicted octanol–water partition coefficient (Wildman–Crippen LogP) is 3.99. The Balaban J connectivity index is 2.21. The zero-order valence-electron chi connectivity index (χ0n) is 9.41. The van der Waals surface area contributed by atoms with E-state index in [0.29, 0.717) is 6.42 Å². The molecule has 0 aliphatic carbocycles. The van der Waals surface area contributed by atoms with Crippen molar-refractivity contribution in [2.45, 2.75) is 12.5 Å². The Morgan fingerprint density at radius 3 is 2.67 bits per heavy atom. The van der Waals surface area contributed by atoms with E-state index in [2.05, 4.69) is 36.8 Å². The maximum Gasteiger partial charge on any atom is 0.124 e. The summed E-state index contributed by atoms with van der Waals surface area (Å²) in [6, 6.07) is 8.12. The van der Waals surface area contributed by atoms with Crippen molar-refractivity contribution in [1.29, 1.82) is 0 Å². The highest BCUT2D eigenvalue weighted by Crippen LogP contribution is 2.26. The van der Waals surface area contributed by atoms with Crippen LogP contribution in [0, 0.1) is 5.82 Å². The summed E-state index contributed by atoms with van der Waals surface area (Å²) in [5.74, 6) is -0.266. The lowest BCUT2D eigenvalue weighted by Crippen LogP contribution is -2.15. The molecule has 0 saturated carbocycles. The van der Waals surface area contributed by atoms with Gasteiger partial charge in [-0.3, -0.25) is 4.98 Å². The van der Waals surface area contributed by atoms with Gasteiger partial charge in [-0.2, -0.15) is 0 Å². The minimum atomic E-state index is -0.266. The summed E-state index contributed by atoms with van der Waals surface area (Å²) in [5, 5.41) is 0. The summed E-state index contributed by atoms with van der Waals surface area (Å²) in [6.07, 6.45) is 2.30. The number of pyridine rings is 1. The molecule has 0 spiro atoms. The van der Waals surface area contributed by atoms with Gasteiger partial charge in [-0.15, -0.1) is 0 Å². The molecule has 0 aliphatic heterocycles. The fraction of sp³-hybridized carbons (Fsp3) is 0.154. The van der Waals surface area contributed by atoms with Gasteiger partial charge in [-0.05, 0) is 52.2 Å². The molecule has 2 nitrogen and oxygen atoms in total. The first-order chi connectivity index (χ1) is 8.58. The minimum Gasteiger partial charge on any atom is -0.322 e. The third-order valence-electron chi connectivity index (χ3n) is 2.59. The Morgan fingerprint density at radius 1 is 1.22 bits per heavy atom. The molecule has 2 N–H and O–H groups in total. The van der Waals surface area contributed by atoms with Crippen LogP contribution in [0.3, 0.4) is 0 Å². The van der Waals surface area contributed by atoms with Gasteiger partial charge in [0.15, 0.2) is 0 Å². The Hall–Kier alpha value is -0.780. The van der Waals surface area contributed by atoms with Crippen molar-refractivity contribution in [1.82, 2.24) is 4.98 Å². The molecule has 94 valence electrons. The smallest absolute Gasteiger partial charge is 0.124 e. The number of halogens is 3. The molecule has 5 heteroatoms. The topological polar surface area (TPSA) is 38.9 Å². The molecule has 1 aromatic heterocycles. The molecule has 1 unspecified atom stereocenters. The molecule has 0 fully saturated rings. The summed E-state index contributed by atoms with van der Waals surface area (Å²) in [6.45, 7) is 0. The van der Waals surface area contributed by atoms with Crippen LogP contribution in [0.15, 0.2) is 45.5 Å². The van der Waals surface area contributed by atoms with Crippen molar-refractivity contribution >= 4 is 31.9 Å². The molecule has 2 rings (SSSR count). The highest BCUT2D eigenvalue weighted by molar-refractivity contribution is 9.10. The molecule has 18 heavy (non-hydrogen) atoms. The summed E-state index contributed by atoms with van der Waals surface area (Å²) < 4.78 is 14.6. The Kier molecular flexibility index (Phi) is 4.48. The maximum absolute atomic E-state index is 13.0. The van der Waals surface area contributed by atoms with E-state index in [0.717, 1.165) is 20.2 Å². The maximum atomic E-state index is 13.0. The average Bonchev–Trinajstić information content (AvgIpc) is 2.33. The van der Waals surface area contributed by atoms with Gasteiger partial charge in [0, 0.05) is 15.1 Å². The number of benzene rings is 1. The van der Waals surface area contributed by atoms with Gasteiger partial charge in [0.25, 0.3) is 0 Å².